The van der Waals surface area contributed by atoms with Gasteiger partial charge in [0.1, 0.15) is 0 Å². The van der Waals surface area contributed by atoms with E-state index in [0.29, 0.717) is 0 Å². The van der Waals surface area contributed by atoms with Crippen LogP contribution in [0.5, 0.6) is 0 Å². The van der Waals surface area contributed by atoms with Gasteiger partial charge in [-0.05, 0) is 19.4 Å². The second-order valence-electron chi connectivity index (χ2n) is 4.10. The zero-order valence-corrected chi connectivity index (χ0v) is 7.89. The Balaban J connectivity index is 1.89. The van der Waals surface area contributed by atoms with Crippen LogP contribution >= 0.6 is 0 Å². The monoisotopic (exact) mass is 168 g/mol. The van der Waals surface area contributed by atoms with Crippen molar-refractivity contribution in [3.8, 4) is 0 Å². The predicted octanol–water partition coefficient (Wildman–Crippen LogP) is 1.22. The van der Waals surface area contributed by atoms with E-state index in [-0.39, 0.29) is 0 Å². The van der Waals surface area contributed by atoms with Crippen LogP contribution in [0.15, 0.2) is 0 Å². The zero-order valence-electron chi connectivity index (χ0n) is 7.89. The van der Waals surface area contributed by atoms with E-state index in [2.05, 4.69) is 10.2 Å². The summed E-state index contributed by atoms with van der Waals surface area (Å²) < 4.78 is 0. The number of piperazine rings is 1. The van der Waals surface area contributed by atoms with Crippen molar-refractivity contribution in [1.82, 2.24) is 10.2 Å². The van der Waals surface area contributed by atoms with Crippen LogP contribution in [-0.2, 0) is 0 Å². The van der Waals surface area contributed by atoms with Crippen molar-refractivity contribution in [3.05, 3.63) is 0 Å². The normalized spacial score (nSPS) is 33.5. The van der Waals surface area contributed by atoms with Gasteiger partial charge in [0.2, 0.25) is 0 Å². The lowest BCUT2D eigenvalue weighted by atomic mass is 10.0. The molecule has 2 aliphatic rings. The van der Waals surface area contributed by atoms with Crippen LogP contribution in [0.3, 0.4) is 0 Å². The molecule has 0 aromatic carbocycles. The molecule has 0 aromatic heterocycles. The molecule has 0 radical (unpaired) electrons. The van der Waals surface area contributed by atoms with Gasteiger partial charge in [-0.2, -0.15) is 0 Å². The van der Waals surface area contributed by atoms with Crippen molar-refractivity contribution in [2.75, 3.05) is 26.2 Å². The maximum atomic E-state index is 3.49. The maximum absolute atomic E-state index is 3.49. The lowest BCUT2D eigenvalue weighted by Crippen LogP contribution is -2.51. The molecule has 2 aliphatic heterocycles. The largest absolute Gasteiger partial charge is 0.314 e. The zero-order chi connectivity index (χ0) is 8.23. The Morgan fingerprint density at radius 3 is 2.92 bits per heavy atom. The summed E-state index contributed by atoms with van der Waals surface area (Å²) in [4.78, 5) is 2.69. The summed E-state index contributed by atoms with van der Waals surface area (Å²) >= 11 is 0. The molecule has 2 saturated heterocycles. The number of rotatable bonds is 0. The molecule has 12 heavy (non-hydrogen) atoms. The number of nitrogens with zero attached hydrogens (tertiary/aromatic N) is 1. The fraction of sp³-hybridized carbons (Fsp3) is 1.00. The minimum Gasteiger partial charge on any atom is -0.314 e. The quantitative estimate of drug-likeness (QED) is 0.585. The summed E-state index contributed by atoms with van der Waals surface area (Å²) in [5.41, 5.74) is 0. The predicted molar refractivity (Wildman–Crippen MR) is 51.3 cm³/mol. The van der Waals surface area contributed by atoms with Crippen molar-refractivity contribution in [1.29, 1.82) is 0 Å². The average molecular weight is 168 g/mol. The molecule has 70 valence electrons. The van der Waals surface area contributed by atoms with Gasteiger partial charge in [-0.15, -0.1) is 0 Å². The molecule has 0 saturated carbocycles. The molecule has 2 heteroatoms. The first-order chi connectivity index (χ1) is 5.97. The van der Waals surface area contributed by atoms with E-state index in [9.17, 15) is 0 Å². The van der Waals surface area contributed by atoms with Crippen LogP contribution in [0.1, 0.15) is 32.1 Å². The first-order valence-electron chi connectivity index (χ1n) is 5.41. The molecule has 0 amide bonds. The highest BCUT2D eigenvalue weighted by atomic mass is 15.2. The number of hydrogen-bond acceptors (Lipinski definition) is 2. The van der Waals surface area contributed by atoms with Crippen molar-refractivity contribution in [2.24, 2.45) is 0 Å². The topological polar surface area (TPSA) is 15.3 Å². The first-order valence-corrected chi connectivity index (χ1v) is 5.41. The summed E-state index contributed by atoms with van der Waals surface area (Å²) in [5, 5.41) is 3.49. The Bertz CT molecular complexity index is 120. The van der Waals surface area contributed by atoms with Crippen molar-refractivity contribution >= 4 is 0 Å². The van der Waals surface area contributed by atoms with Gasteiger partial charge in [0.15, 0.2) is 0 Å². The maximum Gasteiger partial charge on any atom is 0.0221 e. The molecule has 0 spiro atoms. The summed E-state index contributed by atoms with van der Waals surface area (Å²) in [6, 6.07) is 0.860. The summed E-state index contributed by atoms with van der Waals surface area (Å²) in [7, 11) is 0. The molecule has 0 aliphatic carbocycles. The second kappa shape index (κ2) is 4.24. The molecule has 2 nitrogen and oxygen atoms in total. The summed E-state index contributed by atoms with van der Waals surface area (Å²) in [6.07, 6.45) is 7.22. The molecule has 1 unspecified atom stereocenters. The summed E-state index contributed by atoms with van der Waals surface area (Å²) in [6.45, 7) is 5.08. The number of hydrogen-bond donors (Lipinski definition) is 1. The molecule has 2 rings (SSSR count). The Labute approximate surface area is 75.3 Å². The van der Waals surface area contributed by atoms with E-state index in [1.807, 2.05) is 0 Å². The Morgan fingerprint density at radius 2 is 1.92 bits per heavy atom. The fourth-order valence-electron chi connectivity index (χ4n) is 2.43. The van der Waals surface area contributed by atoms with Gasteiger partial charge in [-0.1, -0.05) is 19.3 Å². The lowest BCUT2D eigenvalue weighted by Gasteiger charge is -2.37. The van der Waals surface area contributed by atoms with E-state index < -0.39 is 0 Å². The van der Waals surface area contributed by atoms with E-state index >= 15 is 0 Å². The number of fused-ring (bicyclic) bond motifs is 1. The highest BCUT2D eigenvalue weighted by Crippen LogP contribution is 2.17. The Kier molecular flexibility index (Phi) is 3.01. The van der Waals surface area contributed by atoms with Gasteiger partial charge >= 0.3 is 0 Å². The van der Waals surface area contributed by atoms with E-state index in [4.69, 9.17) is 0 Å². The molecule has 0 aromatic rings. The van der Waals surface area contributed by atoms with Gasteiger partial charge in [0.05, 0.1) is 0 Å². The van der Waals surface area contributed by atoms with Crippen LogP contribution in [-0.4, -0.2) is 37.1 Å². The van der Waals surface area contributed by atoms with E-state index in [1.165, 1.54) is 58.3 Å². The van der Waals surface area contributed by atoms with E-state index in [1.54, 1.807) is 0 Å². The summed E-state index contributed by atoms with van der Waals surface area (Å²) in [5.74, 6) is 0. The van der Waals surface area contributed by atoms with Crippen LogP contribution in [0.2, 0.25) is 0 Å². The van der Waals surface area contributed by atoms with Crippen molar-refractivity contribution in [3.63, 3.8) is 0 Å². The molecule has 1 N–H and O–H groups in total. The third kappa shape index (κ3) is 1.99. The minimum atomic E-state index is 0.860. The molecule has 2 fully saturated rings. The molecular weight excluding hydrogens is 148 g/mol. The highest BCUT2D eigenvalue weighted by Gasteiger charge is 2.21. The van der Waals surface area contributed by atoms with Gasteiger partial charge in [0.25, 0.3) is 0 Å². The smallest absolute Gasteiger partial charge is 0.0221 e. The van der Waals surface area contributed by atoms with Gasteiger partial charge < -0.3 is 5.32 Å². The van der Waals surface area contributed by atoms with Crippen LogP contribution in [0.25, 0.3) is 0 Å². The fourth-order valence-corrected chi connectivity index (χ4v) is 2.43. The third-order valence-corrected chi connectivity index (χ3v) is 3.20. The molecule has 1 atom stereocenters. The second-order valence-corrected chi connectivity index (χ2v) is 4.10. The van der Waals surface area contributed by atoms with E-state index in [0.717, 1.165) is 6.04 Å². The standard InChI is InChI=1S/C10H20N2/c1-2-4-7-12-8-6-11-9-10(12)5-3-1/h10-11H,1-9H2. The van der Waals surface area contributed by atoms with Gasteiger partial charge in [-0.25, -0.2) is 0 Å². The number of nitrogens with one attached hydrogen (secondary N) is 1. The Hall–Kier alpha value is -0.0800. The van der Waals surface area contributed by atoms with Crippen LogP contribution in [0, 0.1) is 0 Å². The highest BCUT2D eigenvalue weighted by molar-refractivity contribution is 4.80. The SMILES string of the molecule is C1CCCN2CCNCC2CC1. The minimum absolute atomic E-state index is 0.860. The van der Waals surface area contributed by atoms with Gasteiger partial charge in [-0.3, -0.25) is 4.90 Å². The van der Waals surface area contributed by atoms with Crippen LogP contribution < -0.4 is 5.32 Å². The first kappa shape index (κ1) is 8.52. The van der Waals surface area contributed by atoms with Crippen molar-refractivity contribution < 1.29 is 0 Å². The molecular formula is C10H20N2. The van der Waals surface area contributed by atoms with Gasteiger partial charge in [0, 0.05) is 25.7 Å². The average Bonchev–Trinajstić information content (AvgIpc) is 2.06. The van der Waals surface area contributed by atoms with Crippen LogP contribution in [0.4, 0.5) is 0 Å². The molecule has 0 bridgehead atoms. The third-order valence-electron chi connectivity index (χ3n) is 3.20. The molecule has 2 heterocycles. The van der Waals surface area contributed by atoms with Crippen molar-refractivity contribution in [2.45, 2.75) is 38.1 Å². The Morgan fingerprint density at radius 1 is 1.00 bits per heavy atom. The lowest BCUT2D eigenvalue weighted by molar-refractivity contribution is 0.138.